The second kappa shape index (κ2) is 9.91. The second-order valence-electron chi connectivity index (χ2n) is 7.91. The van der Waals surface area contributed by atoms with Crippen molar-refractivity contribution in [1.29, 1.82) is 0 Å². The Bertz CT molecular complexity index is 1100. The van der Waals surface area contributed by atoms with Gasteiger partial charge in [0.1, 0.15) is 23.0 Å². The van der Waals surface area contributed by atoms with Crippen LogP contribution in [0.1, 0.15) is 51.3 Å². The summed E-state index contributed by atoms with van der Waals surface area (Å²) in [5.41, 5.74) is -0.714. The molecule has 1 saturated carbocycles. The van der Waals surface area contributed by atoms with Crippen molar-refractivity contribution in [2.45, 2.75) is 68.1 Å². The van der Waals surface area contributed by atoms with Gasteiger partial charge < -0.3 is 19.7 Å². The number of aromatic nitrogens is 2. The summed E-state index contributed by atoms with van der Waals surface area (Å²) in [5.74, 6) is 0.166. The predicted octanol–water partition coefficient (Wildman–Crippen LogP) is 2.38. The van der Waals surface area contributed by atoms with Crippen LogP contribution in [0.5, 0.6) is 17.4 Å². The number of ether oxygens (including phenoxy) is 2. The minimum absolute atomic E-state index is 0.206. The maximum Gasteiger partial charge on any atom is 0.295 e. The van der Waals surface area contributed by atoms with Crippen molar-refractivity contribution in [3.63, 3.8) is 0 Å². The first-order valence-electron chi connectivity index (χ1n) is 10.7. The summed E-state index contributed by atoms with van der Waals surface area (Å²) in [7, 11) is -1.30. The molecule has 3 rings (SSSR count). The molecule has 0 unspecified atom stereocenters. The normalized spacial score (nSPS) is 19.0. The Kier molecular flexibility index (Phi) is 7.45. The van der Waals surface area contributed by atoms with Gasteiger partial charge in [-0.1, -0.05) is 19.4 Å². The van der Waals surface area contributed by atoms with Crippen LogP contribution < -0.4 is 15.0 Å². The number of aryl methyl sites for hydroxylation is 1. The van der Waals surface area contributed by atoms with E-state index in [4.69, 9.17) is 9.47 Å². The van der Waals surface area contributed by atoms with Gasteiger partial charge in [0.25, 0.3) is 5.56 Å². The van der Waals surface area contributed by atoms with Crippen LogP contribution >= 0.6 is 0 Å². The topological polar surface area (TPSA) is 128 Å². The van der Waals surface area contributed by atoms with E-state index in [2.05, 4.69) is 4.98 Å². The van der Waals surface area contributed by atoms with Gasteiger partial charge in [0.2, 0.25) is 5.88 Å². The molecule has 9 nitrogen and oxygen atoms in total. The van der Waals surface area contributed by atoms with Crippen LogP contribution in [0.3, 0.4) is 0 Å². The lowest BCUT2D eigenvalue weighted by Gasteiger charge is -2.26. The molecular formula is C22H30N2O7S. The first kappa shape index (κ1) is 24.1. The lowest BCUT2D eigenvalue weighted by atomic mass is 9.97. The number of nitrogens with zero attached hydrogens (tertiary/aromatic N) is 2. The number of aromatic hydroxyl groups is 1. The first-order chi connectivity index (χ1) is 15.3. The summed E-state index contributed by atoms with van der Waals surface area (Å²) in [6.07, 6.45) is 2.33. The maximum absolute atomic E-state index is 13.4. The highest BCUT2D eigenvalue weighted by Gasteiger charge is 2.38. The third kappa shape index (κ3) is 4.47. The van der Waals surface area contributed by atoms with Crippen molar-refractivity contribution < 1.29 is 28.1 Å². The monoisotopic (exact) mass is 466 g/mol. The summed E-state index contributed by atoms with van der Waals surface area (Å²) in [4.78, 5) is 16.2. The number of aliphatic hydroxyl groups excluding tert-OH is 1. The minimum Gasteiger partial charge on any atom is -0.494 e. The zero-order chi connectivity index (χ0) is 23.5. The van der Waals surface area contributed by atoms with E-state index in [1.165, 1.54) is 18.8 Å². The molecule has 32 heavy (non-hydrogen) atoms. The summed E-state index contributed by atoms with van der Waals surface area (Å²) in [5, 5.41) is 20.1. The largest absolute Gasteiger partial charge is 0.494 e. The van der Waals surface area contributed by atoms with Crippen molar-refractivity contribution >= 4 is 9.84 Å². The van der Waals surface area contributed by atoms with Crippen LogP contribution in [0.2, 0.25) is 0 Å². The third-order valence-electron chi connectivity index (χ3n) is 5.84. The molecule has 1 fully saturated rings. The number of hydrogen-bond acceptors (Lipinski definition) is 8. The van der Waals surface area contributed by atoms with Crippen LogP contribution in [0, 0.1) is 0 Å². The number of rotatable bonds is 8. The highest BCUT2D eigenvalue weighted by Crippen LogP contribution is 2.38. The van der Waals surface area contributed by atoms with Crippen LogP contribution in [0.15, 0.2) is 27.9 Å². The van der Waals surface area contributed by atoms with Gasteiger partial charge in [-0.2, -0.15) is 4.98 Å². The lowest BCUT2D eigenvalue weighted by Crippen LogP contribution is -2.34. The van der Waals surface area contributed by atoms with Crippen molar-refractivity contribution in [2.24, 2.45) is 0 Å². The Labute approximate surface area is 187 Å². The molecule has 0 atom stereocenters. The maximum atomic E-state index is 13.4. The van der Waals surface area contributed by atoms with Crippen molar-refractivity contribution in [1.82, 2.24) is 9.55 Å². The Morgan fingerprint density at radius 3 is 2.25 bits per heavy atom. The van der Waals surface area contributed by atoms with E-state index in [-0.39, 0.29) is 24.4 Å². The van der Waals surface area contributed by atoms with Crippen molar-refractivity contribution in [3.8, 4) is 23.1 Å². The molecular weight excluding hydrogens is 436 g/mol. The van der Waals surface area contributed by atoms with E-state index in [1.54, 1.807) is 18.2 Å². The average molecular weight is 467 g/mol. The number of aliphatic hydroxyl groups is 1. The molecule has 0 saturated heterocycles. The predicted molar refractivity (Wildman–Crippen MR) is 119 cm³/mol. The van der Waals surface area contributed by atoms with Gasteiger partial charge in [0.15, 0.2) is 14.7 Å². The molecule has 176 valence electrons. The van der Waals surface area contributed by atoms with Crippen LogP contribution in [0.4, 0.5) is 0 Å². The number of hydrogen-bond donors (Lipinski definition) is 2. The van der Waals surface area contributed by atoms with Crippen LogP contribution in [0.25, 0.3) is 5.69 Å². The quantitative estimate of drug-likeness (QED) is 0.607. The lowest BCUT2D eigenvalue weighted by molar-refractivity contribution is 0.131. The number of benzene rings is 1. The SMILES string of the molecule is CCCCc1nc(=O)c(S(=O)(=O)[C@H]2CC[C@H](O)CC2)c(O)n1-c1c(OC)cccc1OC. The highest BCUT2D eigenvalue weighted by molar-refractivity contribution is 7.92. The van der Waals surface area contributed by atoms with Gasteiger partial charge in [0.05, 0.1) is 25.6 Å². The number of methoxy groups -OCH3 is 2. The smallest absolute Gasteiger partial charge is 0.295 e. The summed E-state index contributed by atoms with van der Waals surface area (Å²) in [6, 6.07) is 5.00. The average Bonchev–Trinajstić information content (AvgIpc) is 2.77. The Morgan fingerprint density at radius 2 is 1.72 bits per heavy atom. The molecule has 0 bridgehead atoms. The van der Waals surface area contributed by atoms with E-state index in [0.717, 1.165) is 6.42 Å². The molecule has 2 N–H and O–H groups in total. The molecule has 1 aromatic carbocycles. The second-order valence-corrected chi connectivity index (χ2v) is 10.1. The molecule has 0 amide bonds. The highest BCUT2D eigenvalue weighted by atomic mass is 32.2. The standard InChI is InChI=1S/C22H30N2O7S/c1-4-5-9-18-23-21(26)20(32(28,29)15-12-10-14(25)11-13-15)22(27)24(18)19-16(30-2)7-6-8-17(19)31-3/h6-8,14-15,25,27H,4-5,9-13H2,1-3H3/t14-,15-. The molecule has 0 spiro atoms. The Hall–Kier alpha value is -2.59. The van der Waals surface area contributed by atoms with Crippen molar-refractivity contribution in [3.05, 3.63) is 34.4 Å². The van der Waals surface area contributed by atoms with Gasteiger partial charge in [-0.3, -0.25) is 9.36 Å². The Morgan fingerprint density at radius 1 is 1.12 bits per heavy atom. The van der Waals surface area contributed by atoms with Gasteiger partial charge in [-0.25, -0.2) is 8.42 Å². The molecule has 1 aliphatic rings. The molecule has 1 aliphatic carbocycles. The van der Waals surface area contributed by atoms with Crippen LogP contribution in [-0.4, -0.2) is 53.8 Å². The van der Waals surface area contributed by atoms with E-state index in [9.17, 15) is 23.4 Å². The van der Waals surface area contributed by atoms with Crippen molar-refractivity contribution in [2.75, 3.05) is 14.2 Å². The van der Waals surface area contributed by atoms with Crippen LogP contribution in [-0.2, 0) is 16.3 Å². The molecule has 10 heteroatoms. The van der Waals surface area contributed by atoms with Gasteiger partial charge in [0, 0.05) is 6.42 Å². The fraction of sp³-hybridized carbons (Fsp3) is 0.545. The van der Waals surface area contributed by atoms with E-state index in [0.29, 0.717) is 37.2 Å². The summed E-state index contributed by atoms with van der Waals surface area (Å²) < 4.78 is 38.9. The molecule has 2 aromatic rings. The van der Waals surface area contributed by atoms with Gasteiger partial charge >= 0.3 is 0 Å². The summed E-state index contributed by atoms with van der Waals surface area (Å²) in [6.45, 7) is 1.97. The van der Waals surface area contributed by atoms with E-state index >= 15 is 0 Å². The Balaban J connectivity index is 2.29. The van der Waals surface area contributed by atoms with E-state index < -0.39 is 37.5 Å². The zero-order valence-electron chi connectivity index (χ0n) is 18.6. The zero-order valence-corrected chi connectivity index (χ0v) is 19.4. The number of para-hydroxylation sites is 1. The third-order valence-corrected chi connectivity index (χ3v) is 8.12. The molecule has 0 radical (unpaired) electrons. The number of sulfone groups is 1. The fourth-order valence-corrected chi connectivity index (χ4v) is 5.96. The molecule has 1 heterocycles. The molecule has 1 aromatic heterocycles. The van der Waals surface area contributed by atoms with E-state index in [1.807, 2.05) is 6.92 Å². The number of unbranched alkanes of at least 4 members (excludes halogenated alkanes) is 1. The minimum atomic E-state index is -4.19. The fourth-order valence-electron chi connectivity index (χ4n) is 4.10. The first-order valence-corrected chi connectivity index (χ1v) is 12.3. The van der Waals surface area contributed by atoms with Gasteiger partial charge in [-0.15, -0.1) is 0 Å². The molecule has 0 aliphatic heterocycles. The van der Waals surface area contributed by atoms with Gasteiger partial charge in [-0.05, 0) is 44.2 Å². The summed E-state index contributed by atoms with van der Waals surface area (Å²) >= 11 is 0.